The number of hydrogen-bond donors (Lipinski definition) is 4. The van der Waals surface area contributed by atoms with Crippen LogP contribution in [-0.4, -0.2) is 67.4 Å². The topological polar surface area (TPSA) is 184 Å². The van der Waals surface area contributed by atoms with Crippen molar-refractivity contribution in [1.29, 1.82) is 0 Å². The van der Waals surface area contributed by atoms with Crippen molar-refractivity contribution in [2.45, 2.75) is 53.8 Å². The molecule has 2 rings (SSSR count). The van der Waals surface area contributed by atoms with E-state index in [9.17, 15) is 13.9 Å². The fraction of sp³-hybridized carbons (Fsp3) is 0.632. The van der Waals surface area contributed by atoms with E-state index in [1.165, 1.54) is 17.1 Å². The fourth-order valence-corrected chi connectivity index (χ4v) is 4.08. The molecule has 2 heterocycles. The second-order valence-corrected chi connectivity index (χ2v) is 12.0. The van der Waals surface area contributed by atoms with E-state index in [1.807, 2.05) is 0 Å². The molecule has 13 nitrogen and oxygen atoms in total. The van der Waals surface area contributed by atoms with Crippen LogP contribution in [0.1, 0.15) is 35.1 Å². The van der Waals surface area contributed by atoms with Crippen LogP contribution in [0, 0.1) is 0 Å². The Morgan fingerprint density at radius 3 is 2.12 bits per heavy atom. The van der Waals surface area contributed by atoms with E-state index in [1.54, 1.807) is 45.2 Å². The highest BCUT2D eigenvalue weighted by Gasteiger charge is 2.21. The predicted octanol–water partition coefficient (Wildman–Crippen LogP) is 1.26. The van der Waals surface area contributed by atoms with Gasteiger partial charge in [-0.1, -0.05) is 7.43 Å². The largest absolute Gasteiger partial charge is 0.444 e. The van der Waals surface area contributed by atoms with Crippen LogP contribution in [0.5, 0.6) is 0 Å². The average Bonchev–Trinajstić information content (AvgIpc) is 3.31. The van der Waals surface area contributed by atoms with Crippen LogP contribution in [0.4, 0.5) is 4.79 Å². The monoisotopic (exact) mass is 524 g/mol. The fourth-order valence-electron chi connectivity index (χ4n) is 2.35. The normalized spacial score (nSPS) is 13.2. The second-order valence-electron chi connectivity index (χ2n) is 7.95. The van der Waals surface area contributed by atoms with Crippen molar-refractivity contribution in [1.82, 2.24) is 24.9 Å². The molecular formula is C19H38N6O7P2. The highest BCUT2D eigenvalue weighted by atomic mass is 31.2. The molecule has 2 aromatic heterocycles. The molecule has 1 unspecified atom stereocenters. The van der Waals surface area contributed by atoms with Gasteiger partial charge in [-0.15, -0.1) is 0 Å². The van der Waals surface area contributed by atoms with Crippen LogP contribution in [0.25, 0.3) is 0 Å². The maximum atomic E-state index is 12.2. The van der Waals surface area contributed by atoms with Crippen LogP contribution < -0.4 is 21.7 Å². The summed E-state index contributed by atoms with van der Waals surface area (Å²) in [7, 11) is -6.94. The maximum absolute atomic E-state index is 12.2. The van der Waals surface area contributed by atoms with Gasteiger partial charge in [-0.2, -0.15) is 10.2 Å². The Bertz CT molecular complexity index is 980. The zero-order valence-corrected chi connectivity index (χ0v) is 21.3. The lowest BCUT2D eigenvalue weighted by molar-refractivity contribution is 0.0525. The standard InChI is InChI=1S/C13H24N3O4P.C5H10N3O3P.CH4/c1-6-19-21(5,18)11-9-15-16(10-11)8-7-14-12(17)20-13(2,3)4;6-1-2-8-4-5(3-7-8)12(9,10)11;/h9-10H,6-8H2,1-5H3,(H,14,17);3-4H,1-2,6H2,(H2,9,10,11);1H4. The minimum atomic E-state index is -4.15. The SMILES string of the molecule is C.CCOP(C)(=O)c1cnn(CCNC(=O)OC(C)(C)C)c1.NCCn1cc(P(=O)(O)O)cn1. The zero-order valence-electron chi connectivity index (χ0n) is 19.5. The number of aromatic nitrogens is 4. The van der Waals surface area contributed by atoms with Crippen molar-refractivity contribution in [2.75, 3.05) is 26.4 Å². The van der Waals surface area contributed by atoms with Crippen molar-refractivity contribution < 1.29 is 33.0 Å². The first-order valence-corrected chi connectivity index (χ1v) is 13.9. The van der Waals surface area contributed by atoms with Gasteiger partial charge >= 0.3 is 13.7 Å². The van der Waals surface area contributed by atoms with Crippen LogP contribution in [-0.2, 0) is 31.5 Å². The van der Waals surface area contributed by atoms with Crippen LogP contribution in [0.15, 0.2) is 24.8 Å². The van der Waals surface area contributed by atoms with E-state index >= 15 is 0 Å². The summed E-state index contributed by atoms with van der Waals surface area (Å²) < 4.78 is 36.2. The van der Waals surface area contributed by atoms with Gasteiger partial charge in [0, 0.05) is 32.1 Å². The number of carbonyl (C=O) groups is 1. The van der Waals surface area contributed by atoms with Crippen molar-refractivity contribution in [3.05, 3.63) is 24.8 Å². The minimum absolute atomic E-state index is 0. The molecule has 0 aliphatic carbocycles. The van der Waals surface area contributed by atoms with Gasteiger partial charge in [0.2, 0.25) is 7.37 Å². The number of rotatable bonds is 9. The maximum Gasteiger partial charge on any atom is 0.407 e. The third-order valence-electron chi connectivity index (χ3n) is 3.79. The Morgan fingerprint density at radius 2 is 1.65 bits per heavy atom. The molecule has 0 aliphatic rings. The number of nitrogens with one attached hydrogen (secondary N) is 1. The summed E-state index contributed by atoms with van der Waals surface area (Å²) in [6, 6.07) is 0. The predicted molar refractivity (Wildman–Crippen MR) is 131 cm³/mol. The Labute approximate surface area is 200 Å². The van der Waals surface area contributed by atoms with Crippen LogP contribution in [0.2, 0.25) is 0 Å². The Kier molecular flexibility index (Phi) is 13.0. The Morgan fingerprint density at radius 1 is 1.12 bits per heavy atom. The minimum Gasteiger partial charge on any atom is -0.444 e. The van der Waals surface area contributed by atoms with E-state index in [-0.39, 0.29) is 12.7 Å². The third kappa shape index (κ3) is 11.9. The number of alkyl carbamates (subject to hydrolysis) is 1. The van der Waals surface area contributed by atoms with Gasteiger partial charge in [0.1, 0.15) is 10.9 Å². The van der Waals surface area contributed by atoms with Gasteiger partial charge in [0.15, 0.2) is 0 Å². The molecule has 0 spiro atoms. The second kappa shape index (κ2) is 13.8. The van der Waals surface area contributed by atoms with E-state index in [0.717, 1.165) is 6.20 Å². The molecule has 0 radical (unpaired) electrons. The lowest BCUT2D eigenvalue weighted by atomic mass is 10.2. The number of nitrogens with zero attached hydrogens (tertiary/aromatic N) is 4. The average molecular weight is 524 g/mol. The Balaban J connectivity index is 0.000000713. The van der Waals surface area contributed by atoms with E-state index in [2.05, 4.69) is 15.5 Å². The van der Waals surface area contributed by atoms with Gasteiger partial charge in [-0.3, -0.25) is 18.5 Å². The molecule has 0 aliphatic heterocycles. The van der Waals surface area contributed by atoms with E-state index in [0.29, 0.717) is 38.1 Å². The lowest BCUT2D eigenvalue weighted by Crippen LogP contribution is -2.34. The lowest BCUT2D eigenvalue weighted by Gasteiger charge is -2.19. The Hall–Kier alpha value is -2.01. The molecule has 0 aromatic carbocycles. The highest BCUT2D eigenvalue weighted by molar-refractivity contribution is 7.66. The number of ether oxygens (including phenoxy) is 1. The summed E-state index contributed by atoms with van der Waals surface area (Å²) >= 11 is 0. The number of amides is 1. The first-order chi connectivity index (χ1) is 15.2. The molecule has 2 aromatic rings. The number of hydrogen-bond acceptors (Lipinski definition) is 8. The summed E-state index contributed by atoms with van der Waals surface area (Å²) in [5.74, 6) is 0. The van der Waals surface area contributed by atoms with Crippen LogP contribution >= 0.6 is 15.0 Å². The van der Waals surface area contributed by atoms with Crippen molar-refractivity contribution >= 4 is 31.7 Å². The summed E-state index contributed by atoms with van der Waals surface area (Å²) in [4.78, 5) is 28.9. The van der Waals surface area contributed by atoms with Gasteiger partial charge in [0.05, 0.1) is 37.4 Å². The summed E-state index contributed by atoms with van der Waals surface area (Å²) in [5, 5.41) is 11.0. The van der Waals surface area contributed by atoms with E-state index < -0.39 is 26.7 Å². The molecule has 15 heteroatoms. The van der Waals surface area contributed by atoms with Gasteiger partial charge in [-0.05, 0) is 27.7 Å². The smallest absolute Gasteiger partial charge is 0.407 e. The summed E-state index contributed by atoms with van der Waals surface area (Å²) in [5.41, 5.74) is 4.71. The molecule has 5 N–H and O–H groups in total. The molecule has 0 bridgehead atoms. The molecule has 0 fully saturated rings. The highest BCUT2D eigenvalue weighted by Crippen LogP contribution is 2.40. The van der Waals surface area contributed by atoms with Crippen molar-refractivity contribution in [3.63, 3.8) is 0 Å². The first kappa shape index (κ1) is 32.0. The molecule has 0 saturated carbocycles. The molecule has 34 heavy (non-hydrogen) atoms. The zero-order chi connectivity index (χ0) is 25.3. The van der Waals surface area contributed by atoms with Gasteiger partial charge < -0.3 is 30.1 Å². The van der Waals surface area contributed by atoms with Gasteiger partial charge in [-0.25, -0.2) is 4.79 Å². The summed E-state index contributed by atoms with van der Waals surface area (Å²) in [6.45, 7) is 10.9. The first-order valence-electron chi connectivity index (χ1n) is 10.2. The summed E-state index contributed by atoms with van der Waals surface area (Å²) in [6.07, 6.45) is 5.19. The van der Waals surface area contributed by atoms with E-state index in [4.69, 9.17) is 24.8 Å². The molecule has 1 amide bonds. The van der Waals surface area contributed by atoms with Crippen LogP contribution in [0.3, 0.4) is 0 Å². The van der Waals surface area contributed by atoms with Gasteiger partial charge in [0.25, 0.3) is 0 Å². The van der Waals surface area contributed by atoms with Crippen molar-refractivity contribution in [3.8, 4) is 0 Å². The molecule has 1 atom stereocenters. The van der Waals surface area contributed by atoms with Crippen molar-refractivity contribution in [2.24, 2.45) is 5.73 Å². The number of carbonyl (C=O) groups excluding carboxylic acids is 1. The number of nitrogens with two attached hydrogens (primary N) is 1. The third-order valence-corrected chi connectivity index (χ3v) is 6.61. The molecule has 0 saturated heterocycles. The molecular weight excluding hydrogens is 486 g/mol. The molecule has 196 valence electrons. The quantitative estimate of drug-likeness (QED) is 0.348.